The van der Waals surface area contributed by atoms with Crippen LogP contribution in [-0.2, 0) is 4.74 Å². The van der Waals surface area contributed by atoms with E-state index in [2.05, 4.69) is 43.4 Å². The van der Waals surface area contributed by atoms with Crippen LogP contribution in [0.2, 0.25) is 0 Å². The van der Waals surface area contributed by atoms with Gasteiger partial charge in [-0.3, -0.25) is 0 Å². The Morgan fingerprint density at radius 2 is 2.25 bits per heavy atom. The Morgan fingerprint density at radius 1 is 1.45 bits per heavy atom. The minimum Gasteiger partial charge on any atom is -0.497 e. The first-order valence-corrected chi connectivity index (χ1v) is 7.27. The average molecular weight is 278 g/mol. The summed E-state index contributed by atoms with van der Waals surface area (Å²) < 4.78 is 10.9. The lowest BCUT2D eigenvalue weighted by molar-refractivity contribution is 0.111. The van der Waals surface area contributed by atoms with E-state index in [0.717, 1.165) is 25.3 Å². The van der Waals surface area contributed by atoms with Crippen LogP contribution in [0.1, 0.15) is 24.9 Å². The zero-order chi connectivity index (χ0) is 14.5. The minimum absolute atomic E-state index is 0.308. The molecule has 0 bridgehead atoms. The molecule has 0 aliphatic carbocycles. The molecule has 1 aliphatic rings. The molecule has 4 nitrogen and oxygen atoms in total. The first-order valence-electron chi connectivity index (χ1n) is 7.27. The molecular formula is C16H26N2O2. The third-order valence-corrected chi connectivity index (χ3v) is 4.05. The van der Waals surface area contributed by atoms with E-state index in [1.165, 1.54) is 5.56 Å². The number of nitrogens with one attached hydrogen (secondary N) is 1. The van der Waals surface area contributed by atoms with Gasteiger partial charge in [-0.05, 0) is 45.1 Å². The first-order chi connectivity index (χ1) is 9.61. The molecular weight excluding hydrogens is 252 g/mol. The molecule has 1 heterocycles. The lowest BCUT2D eigenvalue weighted by atomic mass is 10.0. The Hall–Kier alpha value is -1.10. The van der Waals surface area contributed by atoms with Gasteiger partial charge in [0, 0.05) is 25.2 Å². The fourth-order valence-corrected chi connectivity index (χ4v) is 2.71. The summed E-state index contributed by atoms with van der Waals surface area (Å²) in [6.45, 7) is 3.92. The number of rotatable bonds is 6. The van der Waals surface area contributed by atoms with E-state index in [1.54, 1.807) is 7.11 Å². The minimum atomic E-state index is 0.308. The van der Waals surface area contributed by atoms with Gasteiger partial charge in [0.15, 0.2) is 0 Å². The number of nitrogens with zero attached hydrogens (tertiary/aromatic N) is 1. The fourth-order valence-electron chi connectivity index (χ4n) is 2.71. The molecule has 1 fully saturated rings. The second-order valence-electron chi connectivity index (χ2n) is 5.64. The fraction of sp³-hybridized carbons (Fsp3) is 0.625. The molecule has 4 heteroatoms. The second-order valence-corrected chi connectivity index (χ2v) is 5.64. The Morgan fingerprint density at radius 3 is 2.85 bits per heavy atom. The van der Waals surface area contributed by atoms with Crippen molar-refractivity contribution in [2.75, 3.05) is 34.4 Å². The largest absolute Gasteiger partial charge is 0.497 e. The number of hydrogen-bond donors (Lipinski definition) is 1. The molecule has 0 radical (unpaired) electrons. The SMILES string of the molecule is COc1cccc(C(CNC2CCOC2C)N(C)C)c1. The van der Waals surface area contributed by atoms with E-state index in [1.807, 2.05) is 12.1 Å². The summed E-state index contributed by atoms with van der Waals surface area (Å²) in [6.07, 6.45) is 1.41. The van der Waals surface area contributed by atoms with Crippen LogP contribution in [0.4, 0.5) is 0 Å². The quantitative estimate of drug-likeness (QED) is 0.863. The van der Waals surface area contributed by atoms with Gasteiger partial charge in [-0.25, -0.2) is 0 Å². The Labute approximate surface area is 122 Å². The van der Waals surface area contributed by atoms with Crippen LogP contribution in [0.25, 0.3) is 0 Å². The summed E-state index contributed by atoms with van der Waals surface area (Å²) in [5.74, 6) is 0.909. The molecule has 1 aromatic rings. The van der Waals surface area contributed by atoms with Gasteiger partial charge < -0.3 is 19.7 Å². The molecule has 0 amide bonds. The van der Waals surface area contributed by atoms with Crippen molar-refractivity contribution in [3.63, 3.8) is 0 Å². The van der Waals surface area contributed by atoms with Gasteiger partial charge in [0.2, 0.25) is 0 Å². The van der Waals surface area contributed by atoms with Crippen molar-refractivity contribution in [2.24, 2.45) is 0 Å². The van der Waals surface area contributed by atoms with Crippen molar-refractivity contribution in [3.8, 4) is 5.75 Å². The standard InChI is InChI=1S/C16H26N2O2/c1-12-15(8-9-20-12)17-11-16(18(2)3)13-6-5-7-14(10-13)19-4/h5-7,10,12,15-17H,8-9,11H2,1-4H3. The van der Waals surface area contributed by atoms with Crippen molar-refractivity contribution >= 4 is 0 Å². The van der Waals surface area contributed by atoms with Gasteiger partial charge in [-0.1, -0.05) is 12.1 Å². The van der Waals surface area contributed by atoms with Crippen molar-refractivity contribution < 1.29 is 9.47 Å². The van der Waals surface area contributed by atoms with Gasteiger partial charge >= 0.3 is 0 Å². The molecule has 0 spiro atoms. The molecule has 1 saturated heterocycles. The van der Waals surface area contributed by atoms with E-state index in [0.29, 0.717) is 18.2 Å². The lowest BCUT2D eigenvalue weighted by Crippen LogP contribution is -2.40. The normalized spacial score (nSPS) is 24.1. The highest BCUT2D eigenvalue weighted by atomic mass is 16.5. The van der Waals surface area contributed by atoms with E-state index in [4.69, 9.17) is 9.47 Å². The lowest BCUT2D eigenvalue weighted by Gasteiger charge is -2.27. The summed E-state index contributed by atoms with van der Waals surface area (Å²) in [7, 11) is 5.93. The molecule has 0 saturated carbocycles. The van der Waals surface area contributed by atoms with E-state index in [9.17, 15) is 0 Å². The maximum atomic E-state index is 5.60. The number of hydrogen-bond acceptors (Lipinski definition) is 4. The van der Waals surface area contributed by atoms with Crippen LogP contribution in [0.3, 0.4) is 0 Å². The summed E-state index contributed by atoms with van der Waals surface area (Å²) in [5, 5.41) is 3.64. The van der Waals surface area contributed by atoms with E-state index in [-0.39, 0.29) is 0 Å². The van der Waals surface area contributed by atoms with Gasteiger partial charge in [0.1, 0.15) is 5.75 Å². The molecule has 1 aliphatic heterocycles. The Bertz CT molecular complexity index is 423. The number of methoxy groups -OCH3 is 1. The molecule has 1 N–H and O–H groups in total. The summed E-state index contributed by atoms with van der Waals surface area (Å²) in [4.78, 5) is 2.24. The Balaban J connectivity index is 2.02. The molecule has 3 unspecified atom stereocenters. The molecule has 0 aromatic heterocycles. The predicted molar refractivity (Wildman–Crippen MR) is 81.2 cm³/mol. The maximum absolute atomic E-state index is 5.60. The van der Waals surface area contributed by atoms with Crippen LogP contribution in [0.5, 0.6) is 5.75 Å². The summed E-state index contributed by atoms with van der Waals surface area (Å²) in [6, 6.07) is 9.09. The van der Waals surface area contributed by atoms with Crippen LogP contribution in [0, 0.1) is 0 Å². The second kappa shape index (κ2) is 7.07. The highest BCUT2D eigenvalue weighted by molar-refractivity contribution is 5.30. The molecule has 1 aromatic carbocycles. The predicted octanol–water partition coefficient (Wildman–Crippen LogP) is 2.06. The highest BCUT2D eigenvalue weighted by Gasteiger charge is 2.25. The number of ether oxygens (including phenoxy) is 2. The first kappa shape index (κ1) is 15.3. The third-order valence-electron chi connectivity index (χ3n) is 4.05. The van der Waals surface area contributed by atoms with E-state index < -0.39 is 0 Å². The third kappa shape index (κ3) is 3.72. The van der Waals surface area contributed by atoms with Crippen molar-refractivity contribution in [3.05, 3.63) is 29.8 Å². The van der Waals surface area contributed by atoms with Gasteiger partial charge in [0.25, 0.3) is 0 Å². The number of likely N-dealkylation sites (N-methyl/N-ethyl adjacent to an activating group) is 1. The zero-order valence-corrected chi connectivity index (χ0v) is 12.9. The van der Waals surface area contributed by atoms with Crippen LogP contribution in [-0.4, -0.2) is 51.4 Å². The summed E-state index contributed by atoms with van der Waals surface area (Å²) in [5.41, 5.74) is 1.27. The van der Waals surface area contributed by atoms with Crippen molar-refractivity contribution in [1.82, 2.24) is 10.2 Å². The number of benzene rings is 1. The van der Waals surface area contributed by atoms with E-state index >= 15 is 0 Å². The molecule has 3 atom stereocenters. The van der Waals surface area contributed by atoms with Gasteiger partial charge in [-0.2, -0.15) is 0 Å². The summed E-state index contributed by atoms with van der Waals surface area (Å²) >= 11 is 0. The van der Waals surface area contributed by atoms with Crippen LogP contribution in [0.15, 0.2) is 24.3 Å². The van der Waals surface area contributed by atoms with Crippen LogP contribution >= 0.6 is 0 Å². The molecule has 112 valence electrons. The molecule has 2 rings (SSSR count). The van der Waals surface area contributed by atoms with Crippen molar-refractivity contribution in [2.45, 2.75) is 31.5 Å². The van der Waals surface area contributed by atoms with Crippen LogP contribution < -0.4 is 10.1 Å². The van der Waals surface area contributed by atoms with Crippen molar-refractivity contribution in [1.29, 1.82) is 0 Å². The topological polar surface area (TPSA) is 33.7 Å². The molecule has 20 heavy (non-hydrogen) atoms. The smallest absolute Gasteiger partial charge is 0.119 e. The maximum Gasteiger partial charge on any atom is 0.119 e. The van der Waals surface area contributed by atoms with Gasteiger partial charge in [0.05, 0.1) is 13.2 Å². The van der Waals surface area contributed by atoms with Gasteiger partial charge in [-0.15, -0.1) is 0 Å². The average Bonchev–Trinajstić information content (AvgIpc) is 2.84. The zero-order valence-electron chi connectivity index (χ0n) is 12.9. The highest BCUT2D eigenvalue weighted by Crippen LogP contribution is 2.23. The monoisotopic (exact) mass is 278 g/mol. The Kier molecular flexibility index (Phi) is 5.40.